The zero-order chi connectivity index (χ0) is 13.1. The molecule has 19 heavy (non-hydrogen) atoms. The van der Waals surface area contributed by atoms with Gasteiger partial charge in [0.2, 0.25) is 0 Å². The van der Waals surface area contributed by atoms with E-state index >= 15 is 0 Å². The maximum atomic E-state index is 5.16. The summed E-state index contributed by atoms with van der Waals surface area (Å²) < 4.78 is 7.01. The van der Waals surface area contributed by atoms with Gasteiger partial charge in [0.25, 0.3) is 0 Å². The predicted molar refractivity (Wildman–Crippen MR) is 73.7 cm³/mol. The lowest BCUT2D eigenvalue weighted by atomic mass is 9.87. The average Bonchev–Trinajstić information content (AvgIpc) is 2.98. The standard InChI is InChI=1S/C15H19N3O/c1-19-14-9-7-13(8-10-14)18-11-15(16-17-18)12-5-3-2-4-6-12/h7-12H,2-6H2,1H3. The van der Waals surface area contributed by atoms with E-state index in [0.29, 0.717) is 5.92 Å². The number of rotatable bonds is 3. The predicted octanol–water partition coefficient (Wildman–Crippen LogP) is 3.32. The van der Waals surface area contributed by atoms with Crippen molar-refractivity contribution in [3.05, 3.63) is 36.2 Å². The minimum atomic E-state index is 0.598. The highest BCUT2D eigenvalue weighted by Gasteiger charge is 2.18. The summed E-state index contributed by atoms with van der Waals surface area (Å²) in [6.07, 6.45) is 8.57. The Morgan fingerprint density at radius 2 is 1.84 bits per heavy atom. The molecule has 0 spiro atoms. The van der Waals surface area contributed by atoms with E-state index in [1.54, 1.807) is 7.11 Å². The highest BCUT2D eigenvalue weighted by molar-refractivity contribution is 5.36. The molecule has 0 aliphatic heterocycles. The van der Waals surface area contributed by atoms with Crippen molar-refractivity contribution in [2.24, 2.45) is 0 Å². The van der Waals surface area contributed by atoms with Gasteiger partial charge < -0.3 is 4.74 Å². The highest BCUT2D eigenvalue weighted by Crippen LogP contribution is 2.31. The van der Waals surface area contributed by atoms with Crippen molar-refractivity contribution in [2.45, 2.75) is 38.0 Å². The van der Waals surface area contributed by atoms with Crippen molar-refractivity contribution in [1.29, 1.82) is 0 Å². The van der Waals surface area contributed by atoms with E-state index in [2.05, 4.69) is 16.5 Å². The molecule has 0 bridgehead atoms. The Kier molecular flexibility index (Phi) is 3.49. The molecule has 0 saturated heterocycles. The molecule has 1 fully saturated rings. The summed E-state index contributed by atoms with van der Waals surface area (Å²) in [7, 11) is 1.67. The van der Waals surface area contributed by atoms with Gasteiger partial charge >= 0.3 is 0 Å². The van der Waals surface area contributed by atoms with Crippen LogP contribution in [-0.2, 0) is 0 Å². The van der Waals surface area contributed by atoms with Crippen LogP contribution in [0.5, 0.6) is 5.75 Å². The van der Waals surface area contributed by atoms with Crippen LogP contribution in [-0.4, -0.2) is 22.1 Å². The fourth-order valence-electron chi connectivity index (χ4n) is 2.72. The molecular weight excluding hydrogens is 238 g/mol. The van der Waals surface area contributed by atoms with Crippen molar-refractivity contribution >= 4 is 0 Å². The van der Waals surface area contributed by atoms with Crippen molar-refractivity contribution < 1.29 is 4.74 Å². The zero-order valence-electron chi connectivity index (χ0n) is 11.2. The number of nitrogens with zero attached hydrogens (tertiary/aromatic N) is 3. The molecule has 0 unspecified atom stereocenters. The molecule has 100 valence electrons. The fourth-order valence-corrected chi connectivity index (χ4v) is 2.72. The van der Waals surface area contributed by atoms with E-state index in [9.17, 15) is 0 Å². The first-order valence-corrected chi connectivity index (χ1v) is 6.93. The largest absolute Gasteiger partial charge is 0.497 e. The van der Waals surface area contributed by atoms with Crippen LogP contribution >= 0.6 is 0 Å². The molecule has 1 aromatic heterocycles. The van der Waals surface area contributed by atoms with Crippen molar-refractivity contribution in [3.8, 4) is 11.4 Å². The Morgan fingerprint density at radius 1 is 1.11 bits per heavy atom. The molecule has 0 atom stereocenters. The first-order chi connectivity index (χ1) is 9.36. The van der Waals surface area contributed by atoms with E-state index in [-0.39, 0.29) is 0 Å². The molecule has 3 rings (SSSR count). The number of ether oxygens (including phenoxy) is 1. The Balaban J connectivity index is 1.79. The average molecular weight is 257 g/mol. The van der Waals surface area contributed by atoms with E-state index < -0.39 is 0 Å². The van der Waals surface area contributed by atoms with E-state index in [1.807, 2.05) is 28.9 Å². The summed E-state index contributed by atoms with van der Waals surface area (Å²) in [4.78, 5) is 0. The van der Waals surface area contributed by atoms with Gasteiger partial charge in [-0.2, -0.15) is 0 Å². The fraction of sp³-hybridized carbons (Fsp3) is 0.467. The van der Waals surface area contributed by atoms with Gasteiger partial charge in [-0.1, -0.05) is 24.5 Å². The van der Waals surface area contributed by atoms with E-state index in [0.717, 1.165) is 17.1 Å². The van der Waals surface area contributed by atoms with Gasteiger partial charge in [0.1, 0.15) is 5.75 Å². The molecule has 1 aliphatic rings. The molecule has 1 saturated carbocycles. The SMILES string of the molecule is COc1ccc(-n2cc(C3CCCCC3)nn2)cc1. The molecule has 0 radical (unpaired) electrons. The normalized spacial score (nSPS) is 16.5. The van der Waals surface area contributed by atoms with Crippen LogP contribution in [0, 0.1) is 0 Å². The van der Waals surface area contributed by atoms with E-state index in [1.165, 1.54) is 32.1 Å². The maximum absolute atomic E-state index is 5.16. The lowest BCUT2D eigenvalue weighted by Crippen LogP contribution is -2.04. The third-order valence-corrected chi connectivity index (χ3v) is 3.87. The second-order valence-electron chi connectivity index (χ2n) is 5.12. The van der Waals surface area contributed by atoms with Gasteiger partial charge in [0.05, 0.1) is 24.7 Å². The molecular formula is C15H19N3O. The Hall–Kier alpha value is -1.84. The highest BCUT2D eigenvalue weighted by atomic mass is 16.5. The summed E-state index contributed by atoms with van der Waals surface area (Å²) in [6.45, 7) is 0. The van der Waals surface area contributed by atoms with Crippen molar-refractivity contribution in [2.75, 3.05) is 7.11 Å². The van der Waals surface area contributed by atoms with Crippen molar-refractivity contribution in [1.82, 2.24) is 15.0 Å². The van der Waals surface area contributed by atoms with Gasteiger partial charge in [0, 0.05) is 5.92 Å². The quantitative estimate of drug-likeness (QED) is 0.846. The minimum absolute atomic E-state index is 0.598. The Bertz CT molecular complexity index is 527. The van der Waals surface area contributed by atoms with Crippen LogP contribution in [0.3, 0.4) is 0 Å². The number of aromatic nitrogens is 3. The van der Waals surface area contributed by atoms with Gasteiger partial charge in [-0.05, 0) is 37.1 Å². The number of benzene rings is 1. The molecule has 1 aromatic carbocycles. The maximum Gasteiger partial charge on any atom is 0.119 e. The Morgan fingerprint density at radius 3 is 2.53 bits per heavy atom. The van der Waals surface area contributed by atoms with Crippen LogP contribution in [0.25, 0.3) is 5.69 Å². The third-order valence-electron chi connectivity index (χ3n) is 3.87. The van der Waals surface area contributed by atoms with Crippen molar-refractivity contribution in [3.63, 3.8) is 0 Å². The summed E-state index contributed by atoms with van der Waals surface area (Å²) in [5.74, 6) is 1.46. The Labute approximate surface area is 113 Å². The molecule has 4 heteroatoms. The first kappa shape index (κ1) is 12.2. The molecule has 0 amide bonds. The summed E-state index contributed by atoms with van der Waals surface area (Å²) in [5.41, 5.74) is 2.16. The monoisotopic (exact) mass is 257 g/mol. The molecule has 4 nitrogen and oxygen atoms in total. The molecule has 1 aliphatic carbocycles. The van der Waals surface area contributed by atoms with Gasteiger partial charge in [-0.25, -0.2) is 4.68 Å². The second kappa shape index (κ2) is 5.43. The van der Waals surface area contributed by atoms with Crippen LogP contribution in [0.1, 0.15) is 43.7 Å². The third kappa shape index (κ3) is 2.62. The van der Waals surface area contributed by atoms with Crippen LogP contribution < -0.4 is 4.74 Å². The summed E-state index contributed by atoms with van der Waals surface area (Å²) >= 11 is 0. The van der Waals surface area contributed by atoms with Crippen LogP contribution in [0.2, 0.25) is 0 Å². The smallest absolute Gasteiger partial charge is 0.119 e. The van der Waals surface area contributed by atoms with Crippen LogP contribution in [0.15, 0.2) is 30.5 Å². The minimum Gasteiger partial charge on any atom is -0.497 e. The number of hydrogen-bond donors (Lipinski definition) is 0. The van der Waals surface area contributed by atoms with E-state index in [4.69, 9.17) is 4.74 Å². The topological polar surface area (TPSA) is 39.9 Å². The second-order valence-corrected chi connectivity index (χ2v) is 5.12. The van der Waals surface area contributed by atoms with Gasteiger partial charge in [-0.3, -0.25) is 0 Å². The number of methoxy groups -OCH3 is 1. The zero-order valence-corrected chi connectivity index (χ0v) is 11.2. The summed E-state index contributed by atoms with van der Waals surface area (Å²) in [5, 5.41) is 8.58. The molecule has 2 aromatic rings. The molecule has 1 heterocycles. The lowest BCUT2D eigenvalue weighted by molar-refractivity contribution is 0.414. The van der Waals surface area contributed by atoms with Crippen LogP contribution in [0.4, 0.5) is 0 Å². The molecule has 0 N–H and O–H groups in total. The van der Waals surface area contributed by atoms with Gasteiger partial charge in [-0.15, -0.1) is 5.10 Å². The van der Waals surface area contributed by atoms with Gasteiger partial charge in [0.15, 0.2) is 0 Å². The first-order valence-electron chi connectivity index (χ1n) is 6.93. The summed E-state index contributed by atoms with van der Waals surface area (Å²) in [6, 6.07) is 7.88. The lowest BCUT2D eigenvalue weighted by Gasteiger charge is -2.18. The number of hydrogen-bond acceptors (Lipinski definition) is 3.